The molecule has 2 aromatic rings. The van der Waals surface area contributed by atoms with Crippen LogP contribution >= 0.6 is 11.3 Å². The summed E-state index contributed by atoms with van der Waals surface area (Å²) in [5.41, 5.74) is 0.281. The zero-order valence-corrected chi connectivity index (χ0v) is 9.92. The maximum absolute atomic E-state index is 13.5. The van der Waals surface area contributed by atoms with Crippen LogP contribution in [-0.2, 0) is 6.61 Å². The van der Waals surface area contributed by atoms with Gasteiger partial charge in [0.15, 0.2) is 11.6 Å². The normalized spacial score (nSPS) is 9.94. The number of hydrogen-bond acceptors (Lipinski definition) is 4. The van der Waals surface area contributed by atoms with E-state index in [1.165, 1.54) is 23.5 Å². The number of nitriles is 1. The van der Waals surface area contributed by atoms with Crippen molar-refractivity contribution in [2.45, 2.75) is 13.5 Å². The van der Waals surface area contributed by atoms with Gasteiger partial charge >= 0.3 is 0 Å². The smallest absolute Gasteiger partial charge is 0.166 e. The zero-order valence-electron chi connectivity index (χ0n) is 9.11. The number of thiazole rings is 1. The highest BCUT2D eigenvalue weighted by molar-refractivity contribution is 7.11. The second-order valence-corrected chi connectivity index (χ2v) is 4.71. The molecule has 0 bridgehead atoms. The molecule has 1 aromatic heterocycles. The molecular weight excluding hydrogens is 239 g/mol. The Bertz CT molecular complexity index is 574. The van der Waals surface area contributed by atoms with Gasteiger partial charge in [0.05, 0.1) is 21.5 Å². The second kappa shape index (κ2) is 4.93. The molecule has 0 aliphatic carbocycles. The van der Waals surface area contributed by atoms with Crippen molar-refractivity contribution in [1.82, 2.24) is 4.98 Å². The third-order valence-electron chi connectivity index (χ3n) is 2.10. The van der Waals surface area contributed by atoms with Gasteiger partial charge in [-0.05, 0) is 25.1 Å². The van der Waals surface area contributed by atoms with Crippen LogP contribution in [0.3, 0.4) is 0 Å². The van der Waals surface area contributed by atoms with Crippen molar-refractivity contribution in [3.8, 4) is 11.8 Å². The lowest BCUT2D eigenvalue weighted by Crippen LogP contribution is -1.95. The third kappa shape index (κ3) is 2.80. The molecule has 17 heavy (non-hydrogen) atoms. The summed E-state index contributed by atoms with van der Waals surface area (Å²) in [6.45, 7) is 2.19. The minimum Gasteiger partial charge on any atom is -0.485 e. The molecule has 0 amide bonds. The van der Waals surface area contributed by atoms with Gasteiger partial charge in [0.1, 0.15) is 6.61 Å². The lowest BCUT2D eigenvalue weighted by Gasteiger charge is -2.05. The maximum Gasteiger partial charge on any atom is 0.166 e. The zero-order chi connectivity index (χ0) is 12.3. The molecule has 0 atom stereocenters. The van der Waals surface area contributed by atoms with Gasteiger partial charge in [0, 0.05) is 6.20 Å². The number of rotatable bonds is 3. The molecule has 0 saturated carbocycles. The summed E-state index contributed by atoms with van der Waals surface area (Å²) in [6, 6.07) is 6.01. The summed E-state index contributed by atoms with van der Waals surface area (Å²) in [6.07, 6.45) is 1.71. The Morgan fingerprint density at radius 1 is 1.53 bits per heavy atom. The van der Waals surface area contributed by atoms with Crippen molar-refractivity contribution in [2.24, 2.45) is 0 Å². The third-order valence-corrected chi connectivity index (χ3v) is 2.99. The van der Waals surface area contributed by atoms with E-state index in [1.807, 2.05) is 13.0 Å². The van der Waals surface area contributed by atoms with Crippen LogP contribution in [-0.4, -0.2) is 4.98 Å². The van der Waals surface area contributed by atoms with Crippen molar-refractivity contribution < 1.29 is 9.13 Å². The number of ether oxygens (including phenoxy) is 1. The van der Waals surface area contributed by atoms with E-state index < -0.39 is 5.82 Å². The van der Waals surface area contributed by atoms with Gasteiger partial charge in [-0.2, -0.15) is 5.26 Å². The largest absolute Gasteiger partial charge is 0.485 e. The van der Waals surface area contributed by atoms with E-state index in [4.69, 9.17) is 10.00 Å². The molecule has 0 unspecified atom stereocenters. The average molecular weight is 248 g/mol. The van der Waals surface area contributed by atoms with Crippen LogP contribution in [0.1, 0.15) is 15.4 Å². The first-order chi connectivity index (χ1) is 8.19. The molecule has 1 heterocycles. The summed E-state index contributed by atoms with van der Waals surface area (Å²) in [5.74, 6) is -0.375. The minimum absolute atomic E-state index is 0.148. The fourth-order valence-electron chi connectivity index (χ4n) is 1.31. The van der Waals surface area contributed by atoms with E-state index in [-0.39, 0.29) is 17.9 Å². The van der Waals surface area contributed by atoms with Crippen molar-refractivity contribution in [2.75, 3.05) is 0 Å². The SMILES string of the molecule is Cc1ncc(COc2ccc(C#N)cc2F)s1. The van der Waals surface area contributed by atoms with Crippen LogP contribution in [0, 0.1) is 24.1 Å². The van der Waals surface area contributed by atoms with Gasteiger partial charge in [-0.25, -0.2) is 9.37 Å². The van der Waals surface area contributed by atoms with Gasteiger partial charge < -0.3 is 4.74 Å². The maximum atomic E-state index is 13.5. The monoisotopic (exact) mass is 248 g/mol. The quantitative estimate of drug-likeness (QED) is 0.838. The molecule has 0 spiro atoms. The van der Waals surface area contributed by atoms with Crippen molar-refractivity contribution in [3.05, 3.63) is 45.7 Å². The number of hydrogen-bond donors (Lipinski definition) is 0. The first kappa shape index (κ1) is 11.6. The highest BCUT2D eigenvalue weighted by Crippen LogP contribution is 2.20. The first-order valence-corrected chi connectivity index (χ1v) is 5.74. The van der Waals surface area contributed by atoms with Crippen LogP contribution in [0.5, 0.6) is 5.75 Å². The second-order valence-electron chi connectivity index (χ2n) is 3.39. The molecule has 5 heteroatoms. The van der Waals surface area contributed by atoms with Gasteiger partial charge in [-0.1, -0.05) is 0 Å². The van der Waals surface area contributed by atoms with E-state index >= 15 is 0 Å². The predicted octanol–water partition coefficient (Wildman–Crippen LogP) is 3.04. The lowest BCUT2D eigenvalue weighted by atomic mass is 10.2. The number of nitrogens with zero attached hydrogens (tertiary/aromatic N) is 2. The average Bonchev–Trinajstić information content (AvgIpc) is 2.73. The fourth-order valence-corrected chi connectivity index (χ4v) is 2.02. The number of benzene rings is 1. The standard InChI is InChI=1S/C12H9FN2OS/c1-8-15-6-10(17-8)7-16-12-3-2-9(5-14)4-11(12)13/h2-4,6H,7H2,1H3. The Morgan fingerprint density at radius 2 is 2.35 bits per heavy atom. The molecule has 0 aliphatic heterocycles. The van der Waals surface area contributed by atoms with E-state index in [0.29, 0.717) is 0 Å². The molecule has 1 aromatic carbocycles. The number of halogens is 1. The number of aryl methyl sites for hydroxylation is 1. The summed E-state index contributed by atoms with van der Waals surface area (Å²) in [7, 11) is 0. The summed E-state index contributed by atoms with van der Waals surface area (Å²) in [5, 5.41) is 9.55. The fraction of sp³-hybridized carbons (Fsp3) is 0.167. The van der Waals surface area contributed by atoms with Crippen LogP contribution in [0.15, 0.2) is 24.4 Å². The molecule has 0 saturated heterocycles. The molecule has 0 aliphatic rings. The lowest BCUT2D eigenvalue weighted by molar-refractivity contribution is 0.293. The van der Waals surface area contributed by atoms with Crippen LogP contribution in [0.25, 0.3) is 0 Å². The van der Waals surface area contributed by atoms with Crippen molar-refractivity contribution >= 4 is 11.3 Å². The van der Waals surface area contributed by atoms with E-state index in [1.54, 1.807) is 6.20 Å². The van der Waals surface area contributed by atoms with Crippen LogP contribution in [0.2, 0.25) is 0 Å². The molecule has 0 fully saturated rings. The van der Waals surface area contributed by atoms with Gasteiger partial charge in [-0.15, -0.1) is 11.3 Å². The summed E-state index contributed by atoms with van der Waals surface area (Å²) < 4.78 is 18.8. The van der Waals surface area contributed by atoms with E-state index in [9.17, 15) is 4.39 Å². The Kier molecular flexibility index (Phi) is 3.35. The Hall–Kier alpha value is -1.93. The summed E-state index contributed by atoms with van der Waals surface area (Å²) >= 11 is 1.51. The minimum atomic E-state index is -0.523. The Balaban J connectivity index is 2.07. The molecular formula is C12H9FN2OS. The van der Waals surface area contributed by atoms with E-state index in [0.717, 1.165) is 16.0 Å². The molecule has 0 N–H and O–H groups in total. The molecule has 3 nitrogen and oxygen atoms in total. The first-order valence-electron chi connectivity index (χ1n) is 4.93. The highest BCUT2D eigenvalue weighted by Gasteiger charge is 2.06. The van der Waals surface area contributed by atoms with Gasteiger partial charge in [0.2, 0.25) is 0 Å². The Morgan fingerprint density at radius 3 is 2.94 bits per heavy atom. The van der Waals surface area contributed by atoms with Crippen molar-refractivity contribution in [1.29, 1.82) is 5.26 Å². The topological polar surface area (TPSA) is 45.9 Å². The predicted molar refractivity (Wildman–Crippen MR) is 62.3 cm³/mol. The van der Waals surface area contributed by atoms with Gasteiger partial charge in [0.25, 0.3) is 0 Å². The van der Waals surface area contributed by atoms with Crippen LogP contribution in [0.4, 0.5) is 4.39 Å². The molecule has 0 radical (unpaired) electrons. The number of aromatic nitrogens is 1. The van der Waals surface area contributed by atoms with E-state index in [2.05, 4.69) is 4.98 Å². The highest BCUT2D eigenvalue weighted by atomic mass is 32.1. The molecule has 86 valence electrons. The van der Waals surface area contributed by atoms with Gasteiger partial charge in [-0.3, -0.25) is 0 Å². The van der Waals surface area contributed by atoms with Crippen molar-refractivity contribution in [3.63, 3.8) is 0 Å². The Labute approximate surface area is 102 Å². The molecule has 2 rings (SSSR count). The van der Waals surface area contributed by atoms with Crippen LogP contribution < -0.4 is 4.74 Å². The summed E-state index contributed by atoms with van der Waals surface area (Å²) in [4.78, 5) is 5.02.